The second-order valence-corrected chi connectivity index (χ2v) is 7.63. The lowest BCUT2D eigenvalue weighted by atomic mass is 10.1. The molecule has 0 aliphatic heterocycles. The van der Waals surface area contributed by atoms with E-state index in [0.29, 0.717) is 34.9 Å². The first-order chi connectivity index (χ1) is 15.2. The van der Waals surface area contributed by atoms with Crippen molar-refractivity contribution in [3.63, 3.8) is 0 Å². The molecule has 9 heteroatoms. The van der Waals surface area contributed by atoms with Crippen LogP contribution in [0, 0.1) is 0 Å². The average Bonchev–Trinajstić information content (AvgIpc) is 3.44. The highest BCUT2D eigenvalue weighted by Gasteiger charge is 2.15. The fourth-order valence-electron chi connectivity index (χ4n) is 3.20. The van der Waals surface area contributed by atoms with E-state index in [1.165, 1.54) is 16.9 Å². The molecule has 4 rings (SSSR count). The van der Waals surface area contributed by atoms with Crippen LogP contribution in [0.1, 0.15) is 11.1 Å². The molecule has 0 saturated heterocycles. The van der Waals surface area contributed by atoms with E-state index >= 15 is 0 Å². The molecule has 31 heavy (non-hydrogen) atoms. The molecule has 0 atom stereocenters. The Morgan fingerprint density at radius 3 is 2.45 bits per heavy atom. The highest BCUT2D eigenvalue weighted by Crippen LogP contribution is 2.33. The number of rotatable bonds is 9. The fourth-order valence-corrected chi connectivity index (χ4v) is 3.76. The predicted molar refractivity (Wildman–Crippen MR) is 120 cm³/mol. The van der Waals surface area contributed by atoms with Crippen LogP contribution in [0.5, 0.6) is 16.7 Å². The van der Waals surface area contributed by atoms with Gasteiger partial charge >= 0.3 is 0 Å². The summed E-state index contributed by atoms with van der Waals surface area (Å²) >= 11 is 1.35. The van der Waals surface area contributed by atoms with E-state index in [2.05, 4.69) is 27.6 Å². The van der Waals surface area contributed by atoms with E-state index in [4.69, 9.17) is 19.3 Å². The number of hydrogen-bond acceptors (Lipinski definition) is 8. The minimum atomic E-state index is 0.516. The predicted octanol–water partition coefficient (Wildman–Crippen LogP) is 4.09. The van der Waals surface area contributed by atoms with Gasteiger partial charge in [0.1, 0.15) is 0 Å². The summed E-state index contributed by atoms with van der Waals surface area (Å²) < 4.78 is 17.9. The molecule has 0 saturated carbocycles. The zero-order valence-corrected chi connectivity index (χ0v) is 18.3. The van der Waals surface area contributed by atoms with Crippen LogP contribution in [0.15, 0.2) is 54.7 Å². The van der Waals surface area contributed by atoms with Gasteiger partial charge in [-0.15, -0.1) is 5.10 Å². The van der Waals surface area contributed by atoms with Crippen LogP contribution in [0.4, 0.5) is 5.13 Å². The smallest absolute Gasteiger partial charge is 0.295 e. The van der Waals surface area contributed by atoms with Crippen molar-refractivity contribution in [2.24, 2.45) is 0 Å². The van der Waals surface area contributed by atoms with Gasteiger partial charge in [-0.2, -0.15) is 5.10 Å². The molecule has 0 bridgehead atoms. The quantitative estimate of drug-likeness (QED) is 0.422. The molecule has 0 radical (unpaired) electrons. The van der Waals surface area contributed by atoms with Crippen LogP contribution < -0.4 is 19.5 Å². The Bertz CT molecular complexity index is 1140. The maximum Gasteiger partial charge on any atom is 0.295 e. The van der Waals surface area contributed by atoms with E-state index in [1.54, 1.807) is 21.3 Å². The molecule has 0 spiro atoms. The monoisotopic (exact) mass is 437 g/mol. The summed E-state index contributed by atoms with van der Waals surface area (Å²) in [5.74, 6) is 1.33. The Balaban J connectivity index is 1.65. The molecule has 160 valence electrons. The zero-order valence-electron chi connectivity index (χ0n) is 17.5. The molecule has 0 aliphatic rings. The highest BCUT2D eigenvalue weighted by molar-refractivity contribution is 7.16. The largest absolute Gasteiger partial charge is 0.493 e. The second kappa shape index (κ2) is 9.48. The van der Waals surface area contributed by atoms with Gasteiger partial charge < -0.3 is 19.5 Å². The van der Waals surface area contributed by atoms with Crippen LogP contribution in [-0.2, 0) is 13.1 Å². The van der Waals surface area contributed by atoms with Gasteiger partial charge in [0, 0.05) is 23.9 Å². The Labute approximate surface area is 184 Å². The number of benzene rings is 2. The first kappa shape index (κ1) is 20.7. The third-order valence-corrected chi connectivity index (χ3v) is 5.54. The number of methoxy groups -OCH3 is 3. The van der Waals surface area contributed by atoms with Crippen molar-refractivity contribution in [3.8, 4) is 28.0 Å². The number of anilines is 1. The summed E-state index contributed by atoms with van der Waals surface area (Å²) in [6.45, 7) is 1.21. The summed E-state index contributed by atoms with van der Waals surface area (Å²) in [4.78, 5) is 0. The Morgan fingerprint density at radius 2 is 1.74 bits per heavy atom. The van der Waals surface area contributed by atoms with E-state index in [9.17, 15) is 0 Å². The highest BCUT2D eigenvalue weighted by atomic mass is 32.1. The molecule has 0 aliphatic carbocycles. The van der Waals surface area contributed by atoms with Crippen molar-refractivity contribution in [3.05, 3.63) is 65.9 Å². The number of aromatic nitrogens is 4. The molecule has 2 heterocycles. The third kappa shape index (κ3) is 4.77. The number of nitrogens with one attached hydrogen (secondary N) is 1. The van der Waals surface area contributed by atoms with Crippen molar-refractivity contribution in [1.29, 1.82) is 0 Å². The van der Waals surface area contributed by atoms with Gasteiger partial charge in [0.25, 0.3) is 5.19 Å². The summed E-state index contributed by atoms with van der Waals surface area (Å²) in [6.07, 6.45) is 2.05. The molecular weight excluding hydrogens is 414 g/mol. The van der Waals surface area contributed by atoms with Crippen LogP contribution in [0.3, 0.4) is 0 Å². The topological polar surface area (TPSA) is 83.3 Å². The van der Waals surface area contributed by atoms with E-state index in [0.717, 1.165) is 16.8 Å². The Hall–Kier alpha value is -3.59. The maximum absolute atomic E-state index is 5.48. The lowest BCUT2D eigenvalue weighted by Crippen LogP contribution is -2.00. The SMILES string of the molecule is COc1nnc(NCc2cn(Cc3ccccc3)nc2-c2ccc(OC)c(OC)c2)s1. The summed E-state index contributed by atoms with van der Waals surface area (Å²) in [5, 5.41) is 17.4. The molecule has 2 aromatic carbocycles. The molecule has 1 N–H and O–H groups in total. The average molecular weight is 438 g/mol. The summed E-state index contributed by atoms with van der Waals surface area (Å²) in [7, 11) is 4.83. The van der Waals surface area contributed by atoms with Crippen LogP contribution >= 0.6 is 11.3 Å². The number of nitrogens with zero attached hydrogens (tertiary/aromatic N) is 4. The first-order valence-corrected chi connectivity index (χ1v) is 10.5. The van der Waals surface area contributed by atoms with Gasteiger partial charge in [-0.3, -0.25) is 4.68 Å². The van der Waals surface area contributed by atoms with Gasteiger partial charge in [-0.1, -0.05) is 35.4 Å². The fraction of sp³-hybridized carbons (Fsp3) is 0.227. The van der Waals surface area contributed by atoms with E-state index in [1.807, 2.05) is 47.3 Å². The molecule has 0 amide bonds. The molecule has 0 fully saturated rings. The molecule has 2 aromatic heterocycles. The Kier molecular flexibility index (Phi) is 6.32. The van der Waals surface area contributed by atoms with Gasteiger partial charge in [-0.25, -0.2) is 0 Å². The number of hydrogen-bond donors (Lipinski definition) is 1. The minimum absolute atomic E-state index is 0.516. The molecule has 0 unspecified atom stereocenters. The van der Waals surface area contributed by atoms with Crippen LogP contribution in [0.25, 0.3) is 11.3 Å². The van der Waals surface area contributed by atoms with E-state index in [-0.39, 0.29) is 0 Å². The third-order valence-electron chi connectivity index (χ3n) is 4.69. The number of ether oxygens (including phenoxy) is 3. The normalized spacial score (nSPS) is 10.7. The standard InChI is InChI=1S/C22H23N5O3S/c1-28-18-10-9-16(11-19(18)29-2)20-17(12-23-21-24-25-22(30-3)31-21)14-27(26-20)13-15-7-5-4-6-8-15/h4-11,14H,12-13H2,1-3H3,(H,23,24). The first-order valence-electron chi connectivity index (χ1n) is 9.64. The van der Waals surface area contributed by atoms with Crippen molar-refractivity contribution >= 4 is 16.5 Å². The van der Waals surface area contributed by atoms with Crippen molar-refractivity contribution in [1.82, 2.24) is 20.0 Å². The van der Waals surface area contributed by atoms with Crippen molar-refractivity contribution in [2.45, 2.75) is 13.1 Å². The summed E-state index contributed by atoms with van der Waals surface area (Å²) in [6, 6.07) is 16.0. The molecular formula is C22H23N5O3S. The Morgan fingerprint density at radius 1 is 0.935 bits per heavy atom. The van der Waals surface area contributed by atoms with Gasteiger partial charge in [0.2, 0.25) is 5.13 Å². The van der Waals surface area contributed by atoms with Crippen LogP contribution in [-0.4, -0.2) is 41.3 Å². The molecule has 4 aromatic rings. The maximum atomic E-state index is 5.48. The van der Waals surface area contributed by atoms with Gasteiger partial charge in [0.05, 0.1) is 33.6 Å². The van der Waals surface area contributed by atoms with Gasteiger partial charge in [0.15, 0.2) is 11.5 Å². The molecule has 8 nitrogen and oxygen atoms in total. The minimum Gasteiger partial charge on any atom is -0.493 e. The van der Waals surface area contributed by atoms with Crippen LogP contribution in [0.2, 0.25) is 0 Å². The summed E-state index contributed by atoms with van der Waals surface area (Å²) in [5.41, 5.74) is 4.01. The van der Waals surface area contributed by atoms with Crippen molar-refractivity contribution in [2.75, 3.05) is 26.6 Å². The van der Waals surface area contributed by atoms with E-state index < -0.39 is 0 Å². The lowest BCUT2D eigenvalue weighted by molar-refractivity contribution is 0.355. The second-order valence-electron chi connectivity index (χ2n) is 6.69. The van der Waals surface area contributed by atoms with Crippen molar-refractivity contribution < 1.29 is 14.2 Å². The van der Waals surface area contributed by atoms with Gasteiger partial charge in [-0.05, 0) is 35.1 Å². The zero-order chi connectivity index (χ0) is 21.6. The lowest BCUT2D eigenvalue weighted by Gasteiger charge is -2.09.